The lowest BCUT2D eigenvalue weighted by molar-refractivity contribution is -0.384. The van der Waals surface area contributed by atoms with Crippen LogP contribution in [0.15, 0.2) is 59.6 Å². The van der Waals surface area contributed by atoms with E-state index < -0.39 is 11.2 Å². The molecule has 7 nitrogen and oxygen atoms in total. The SMILES string of the molecule is CC(C)(C)N1OC(c2ccccc2)OC1=Nc1ccc([N+](=O)[O-])cc1. The predicted octanol–water partition coefficient (Wildman–Crippen LogP) is 4.34. The van der Waals surface area contributed by atoms with Crippen LogP contribution in [0, 0.1) is 10.1 Å². The summed E-state index contributed by atoms with van der Waals surface area (Å²) in [5.74, 6) is 0. The van der Waals surface area contributed by atoms with E-state index in [1.54, 1.807) is 17.2 Å². The number of nitro benzene ring substituents is 1. The second-order valence-corrected chi connectivity index (χ2v) is 6.60. The lowest BCUT2D eigenvalue weighted by atomic mass is 10.1. The van der Waals surface area contributed by atoms with Gasteiger partial charge in [0.25, 0.3) is 12.0 Å². The van der Waals surface area contributed by atoms with Gasteiger partial charge in [0.05, 0.1) is 16.1 Å². The normalized spacial score (nSPS) is 19.1. The van der Waals surface area contributed by atoms with E-state index in [-0.39, 0.29) is 11.2 Å². The van der Waals surface area contributed by atoms with Gasteiger partial charge in [-0.2, -0.15) is 10.1 Å². The molecule has 0 aromatic heterocycles. The van der Waals surface area contributed by atoms with Crippen molar-refractivity contribution in [2.24, 2.45) is 4.99 Å². The van der Waals surface area contributed by atoms with Gasteiger partial charge in [-0.15, -0.1) is 0 Å². The van der Waals surface area contributed by atoms with Gasteiger partial charge in [0.1, 0.15) is 0 Å². The zero-order chi connectivity index (χ0) is 18.0. The first-order valence-electron chi connectivity index (χ1n) is 7.86. The number of hydrogen-bond donors (Lipinski definition) is 0. The minimum atomic E-state index is -0.586. The summed E-state index contributed by atoms with van der Waals surface area (Å²) in [7, 11) is 0. The molecule has 1 aliphatic rings. The van der Waals surface area contributed by atoms with Crippen LogP contribution in [-0.2, 0) is 9.57 Å². The van der Waals surface area contributed by atoms with Crippen molar-refractivity contribution in [3.05, 3.63) is 70.3 Å². The lowest BCUT2D eigenvalue weighted by Crippen LogP contribution is -2.41. The van der Waals surface area contributed by atoms with E-state index in [0.29, 0.717) is 11.7 Å². The zero-order valence-corrected chi connectivity index (χ0v) is 14.2. The number of ether oxygens (including phenoxy) is 1. The second-order valence-electron chi connectivity index (χ2n) is 6.60. The fourth-order valence-electron chi connectivity index (χ4n) is 2.32. The van der Waals surface area contributed by atoms with Gasteiger partial charge in [0.15, 0.2) is 0 Å². The van der Waals surface area contributed by atoms with Crippen molar-refractivity contribution in [2.75, 3.05) is 0 Å². The molecule has 1 unspecified atom stereocenters. The van der Waals surface area contributed by atoms with Crippen LogP contribution in [0.5, 0.6) is 0 Å². The molecule has 0 saturated carbocycles. The Bertz CT molecular complexity index is 782. The van der Waals surface area contributed by atoms with E-state index in [1.807, 2.05) is 51.1 Å². The standard InChI is InChI=1S/C18H19N3O4/c1-18(2,3)20-17(19-14-9-11-15(12-10-14)21(22)23)24-16(25-20)13-7-5-4-6-8-13/h4-12,16H,1-3H3. The first-order valence-corrected chi connectivity index (χ1v) is 7.86. The van der Waals surface area contributed by atoms with Gasteiger partial charge in [-0.1, -0.05) is 30.3 Å². The molecule has 0 aliphatic carbocycles. The highest BCUT2D eigenvalue weighted by Crippen LogP contribution is 2.33. The third-order valence-corrected chi connectivity index (χ3v) is 3.55. The fourth-order valence-corrected chi connectivity index (χ4v) is 2.32. The molecule has 25 heavy (non-hydrogen) atoms. The summed E-state index contributed by atoms with van der Waals surface area (Å²) >= 11 is 0. The Morgan fingerprint density at radius 2 is 1.72 bits per heavy atom. The Kier molecular flexibility index (Phi) is 4.41. The molecule has 0 radical (unpaired) electrons. The molecule has 2 aromatic rings. The number of aliphatic imine (C=N–C) groups is 1. The van der Waals surface area contributed by atoms with Crippen molar-refractivity contribution in [3.63, 3.8) is 0 Å². The van der Waals surface area contributed by atoms with Crippen LogP contribution in [-0.4, -0.2) is 21.5 Å². The van der Waals surface area contributed by atoms with Crippen LogP contribution in [0.25, 0.3) is 0 Å². The van der Waals surface area contributed by atoms with Crippen LogP contribution in [0.3, 0.4) is 0 Å². The third kappa shape index (κ3) is 3.77. The summed E-state index contributed by atoms with van der Waals surface area (Å²) in [6, 6.07) is 15.9. The van der Waals surface area contributed by atoms with Gasteiger partial charge in [-0.25, -0.2) is 4.84 Å². The fraction of sp³-hybridized carbons (Fsp3) is 0.278. The average molecular weight is 341 g/mol. The first-order chi connectivity index (χ1) is 11.8. The molecular weight excluding hydrogens is 322 g/mol. The number of amidine groups is 1. The topological polar surface area (TPSA) is 77.2 Å². The number of hydrogen-bond acceptors (Lipinski definition) is 5. The van der Waals surface area contributed by atoms with E-state index in [0.717, 1.165) is 5.56 Å². The van der Waals surface area contributed by atoms with E-state index >= 15 is 0 Å². The van der Waals surface area contributed by atoms with Gasteiger partial charge < -0.3 is 4.74 Å². The lowest BCUT2D eigenvalue weighted by Gasteiger charge is -2.28. The molecule has 1 saturated heterocycles. The number of non-ortho nitro benzene ring substituents is 1. The van der Waals surface area contributed by atoms with E-state index in [2.05, 4.69) is 4.99 Å². The first kappa shape index (κ1) is 16.9. The molecule has 7 heteroatoms. The Balaban J connectivity index is 1.90. The van der Waals surface area contributed by atoms with Crippen LogP contribution in [0.4, 0.5) is 11.4 Å². The van der Waals surface area contributed by atoms with E-state index in [9.17, 15) is 10.1 Å². The molecule has 0 N–H and O–H groups in total. The molecule has 1 heterocycles. The highest BCUT2D eigenvalue weighted by atomic mass is 16.9. The van der Waals surface area contributed by atoms with Crippen molar-refractivity contribution in [1.29, 1.82) is 0 Å². The summed E-state index contributed by atoms with van der Waals surface area (Å²) in [5.41, 5.74) is 1.07. The van der Waals surface area contributed by atoms with Crippen LogP contribution < -0.4 is 0 Å². The second kappa shape index (κ2) is 6.52. The Hall–Kier alpha value is -2.93. The minimum absolute atomic E-state index is 0.0161. The van der Waals surface area contributed by atoms with Crippen molar-refractivity contribution < 1.29 is 14.5 Å². The number of nitro groups is 1. The zero-order valence-electron chi connectivity index (χ0n) is 14.2. The van der Waals surface area contributed by atoms with Crippen molar-refractivity contribution >= 4 is 17.4 Å². The summed E-state index contributed by atoms with van der Waals surface area (Å²) in [6.07, 6.45) is -0.586. The van der Waals surface area contributed by atoms with Gasteiger partial charge in [0, 0.05) is 17.7 Å². The molecule has 130 valence electrons. The maximum atomic E-state index is 10.8. The molecule has 1 atom stereocenters. The highest BCUT2D eigenvalue weighted by Gasteiger charge is 2.39. The quantitative estimate of drug-likeness (QED) is 0.613. The third-order valence-electron chi connectivity index (χ3n) is 3.55. The van der Waals surface area contributed by atoms with Crippen molar-refractivity contribution in [2.45, 2.75) is 32.6 Å². The molecular formula is C18H19N3O4. The largest absolute Gasteiger partial charge is 0.427 e. The Morgan fingerprint density at radius 1 is 1.08 bits per heavy atom. The minimum Gasteiger partial charge on any atom is -0.427 e. The van der Waals surface area contributed by atoms with Crippen LogP contribution >= 0.6 is 0 Å². The summed E-state index contributed by atoms with van der Waals surface area (Å²) in [6.45, 7) is 5.94. The van der Waals surface area contributed by atoms with Gasteiger partial charge in [-0.05, 0) is 32.9 Å². The maximum absolute atomic E-state index is 10.8. The van der Waals surface area contributed by atoms with Crippen LogP contribution in [0.2, 0.25) is 0 Å². The molecule has 1 fully saturated rings. The summed E-state index contributed by atoms with van der Waals surface area (Å²) in [4.78, 5) is 20.7. The molecule has 1 aliphatic heterocycles. The van der Waals surface area contributed by atoms with E-state index in [4.69, 9.17) is 9.57 Å². The van der Waals surface area contributed by atoms with Crippen molar-refractivity contribution in [1.82, 2.24) is 5.06 Å². The van der Waals surface area contributed by atoms with Crippen LogP contribution in [0.1, 0.15) is 32.6 Å². The predicted molar refractivity (Wildman–Crippen MR) is 93.1 cm³/mol. The van der Waals surface area contributed by atoms with E-state index in [1.165, 1.54) is 12.1 Å². The molecule has 0 amide bonds. The maximum Gasteiger partial charge on any atom is 0.320 e. The van der Waals surface area contributed by atoms with Crippen molar-refractivity contribution in [3.8, 4) is 0 Å². The summed E-state index contributed by atoms with van der Waals surface area (Å²) in [5, 5.41) is 12.4. The number of benzene rings is 2. The molecule has 0 bridgehead atoms. The average Bonchev–Trinajstić information content (AvgIpc) is 3.00. The number of nitrogens with zero attached hydrogens (tertiary/aromatic N) is 3. The number of rotatable bonds is 3. The molecule has 3 rings (SSSR count). The molecule has 2 aromatic carbocycles. The smallest absolute Gasteiger partial charge is 0.320 e. The van der Waals surface area contributed by atoms with Gasteiger partial charge in [0.2, 0.25) is 0 Å². The van der Waals surface area contributed by atoms with Gasteiger partial charge in [-0.3, -0.25) is 10.1 Å². The Labute approximate surface area is 145 Å². The highest BCUT2D eigenvalue weighted by molar-refractivity contribution is 5.78. The Morgan fingerprint density at radius 3 is 2.28 bits per heavy atom. The summed E-state index contributed by atoms with van der Waals surface area (Å²) < 4.78 is 5.89. The monoisotopic (exact) mass is 341 g/mol. The molecule has 0 spiro atoms. The van der Waals surface area contributed by atoms with Gasteiger partial charge >= 0.3 is 6.02 Å². The number of hydroxylamine groups is 2.